The van der Waals surface area contributed by atoms with Gasteiger partial charge in [-0.25, -0.2) is 5.06 Å². The second-order valence-electron chi connectivity index (χ2n) is 5.81. The molecule has 0 aromatic heterocycles. The quantitative estimate of drug-likeness (QED) is 0.569. The highest BCUT2D eigenvalue weighted by molar-refractivity contribution is 6.11. The lowest BCUT2D eigenvalue weighted by Gasteiger charge is -2.36. The maximum atomic E-state index is 10.6. The number of allylic oxidation sites excluding steroid dienone is 5. The van der Waals surface area contributed by atoms with Crippen LogP contribution in [-0.2, 0) is 4.84 Å². The van der Waals surface area contributed by atoms with Gasteiger partial charge in [-0.15, -0.1) is 0 Å². The van der Waals surface area contributed by atoms with Gasteiger partial charge in [0, 0.05) is 5.57 Å². The zero-order chi connectivity index (χ0) is 15.1. The molecule has 6 nitrogen and oxygen atoms in total. The van der Waals surface area contributed by atoms with Crippen LogP contribution in [0.1, 0.15) is 27.7 Å². The highest BCUT2D eigenvalue weighted by Crippen LogP contribution is 2.45. The summed E-state index contributed by atoms with van der Waals surface area (Å²) in [5.74, 6) is 0. The van der Waals surface area contributed by atoms with Crippen LogP contribution in [0.3, 0.4) is 0 Å². The summed E-state index contributed by atoms with van der Waals surface area (Å²) >= 11 is 0. The minimum atomic E-state index is -0.740. The summed E-state index contributed by atoms with van der Waals surface area (Å²) in [5.41, 5.74) is 0.362. The van der Waals surface area contributed by atoms with E-state index >= 15 is 0 Å². The fraction of sp³-hybridized carbons (Fsp3) is 0.500. The minimum Gasteiger partial charge on any atom is -0.410 e. The predicted molar refractivity (Wildman–Crippen MR) is 75.2 cm³/mol. The second kappa shape index (κ2) is 4.73. The third kappa shape index (κ3) is 1.88. The van der Waals surface area contributed by atoms with Crippen molar-refractivity contribution in [2.45, 2.75) is 38.9 Å². The predicted octanol–water partition coefficient (Wildman–Crippen LogP) is 2.28. The van der Waals surface area contributed by atoms with Crippen molar-refractivity contribution >= 4 is 5.71 Å². The molecule has 20 heavy (non-hydrogen) atoms. The molecule has 0 radical (unpaired) electrons. The molecule has 1 aliphatic carbocycles. The van der Waals surface area contributed by atoms with Crippen LogP contribution in [0, 0.1) is 0 Å². The molecule has 1 aliphatic heterocycles. The molecule has 1 saturated heterocycles. The summed E-state index contributed by atoms with van der Waals surface area (Å²) in [6, 6.07) is 0. The third-order valence-electron chi connectivity index (χ3n) is 3.76. The normalized spacial score (nSPS) is 30.5. The minimum absolute atomic E-state index is 0.406. The van der Waals surface area contributed by atoms with Crippen LogP contribution in [0.25, 0.3) is 0 Å². The van der Waals surface area contributed by atoms with Crippen LogP contribution in [0.15, 0.2) is 40.7 Å². The van der Waals surface area contributed by atoms with Crippen LogP contribution in [-0.4, -0.2) is 44.6 Å². The van der Waals surface area contributed by atoms with E-state index in [-0.39, 0.29) is 0 Å². The first-order valence-corrected chi connectivity index (χ1v) is 6.44. The molecule has 0 atom stereocenters. The van der Waals surface area contributed by atoms with Crippen molar-refractivity contribution in [3.63, 3.8) is 0 Å². The Morgan fingerprint density at radius 2 is 1.75 bits per heavy atom. The molecule has 0 spiro atoms. The van der Waals surface area contributed by atoms with E-state index in [1.165, 1.54) is 5.06 Å². The van der Waals surface area contributed by atoms with Gasteiger partial charge in [0.15, 0.2) is 0 Å². The summed E-state index contributed by atoms with van der Waals surface area (Å²) in [4.78, 5) is 5.46. The molecule has 0 amide bonds. The molecule has 0 bridgehead atoms. The lowest BCUT2D eigenvalue weighted by atomic mass is 9.93. The molecule has 0 unspecified atom stereocenters. The molecule has 6 heteroatoms. The number of rotatable bonds is 1. The Kier molecular flexibility index (Phi) is 3.49. The van der Waals surface area contributed by atoms with Crippen LogP contribution in [0.2, 0.25) is 0 Å². The Morgan fingerprint density at radius 1 is 1.15 bits per heavy atom. The van der Waals surface area contributed by atoms with Crippen molar-refractivity contribution in [1.29, 1.82) is 0 Å². The van der Waals surface area contributed by atoms with Crippen molar-refractivity contribution < 1.29 is 15.3 Å². The third-order valence-corrected chi connectivity index (χ3v) is 3.76. The molecule has 1 heterocycles. The number of oxime groups is 1. The number of hydrogen-bond acceptors (Lipinski definition) is 6. The van der Waals surface area contributed by atoms with Gasteiger partial charge >= 0.3 is 0 Å². The Balaban J connectivity index is 2.67. The van der Waals surface area contributed by atoms with Gasteiger partial charge in [-0.2, -0.15) is 5.06 Å². The van der Waals surface area contributed by atoms with Crippen molar-refractivity contribution in [3.8, 4) is 0 Å². The number of hydroxylamine groups is 4. The largest absolute Gasteiger partial charge is 0.410 e. The fourth-order valence-electron chi connectivity index (χ4n) is 3.06. The molecular formula is C14H21N3O3. The Bertz CT molecular complexity index is 530. The summed E-state index contributed by atoms with van der Waals surface area (Å²) in [6.07, 6.45) is 7.12. The first-order chi connectivity index (χ1) is 9.28. The smallest absolute Gasteiger partial charge is 0.137 e. The number of nitrogens with zero attached hydrogens (tertiary/aromatic N) is 3. The van der Waals surface area contributed by atoms with E-state index in [2.05, 4.69) is 5.16 Å². The van der Waals surface area contributed by atoms with Gasteiger partial charge in [0.05, 0.1) is 18.3 Å². The van der Waals surface area contributed by atoms with Crippen molar-refractivity contribution in [3.05, 3.63) is 35.6 Å². The Hall–Kier alpha value is -1.63. The van der Waals surface area contributed by atoms with Crippen LogP contribution in [0.4, 0.5) is 0 Å². The van der Waals surface area contributed by atoms with E-state index in [0.29, 0.717) is 17.0 Å². The van der Waals surface area contributed by atoms with Crippen LogP contribution >= 0.6 is 0 Å². The van der Waals surface area contributed by atoms with Crippen LogP contribution in [0.5, 0.6) is 0 Å². The number of hydrogen-bond donors (Lipinski definition) is 2. The molecule has 0 aromatic rings. The molecule has 2 N–H and O–H groups in total. The SMILES string of the molecule is CON1C(C)(C)/C(=C2/C=CC=C/C2=N\O)N(O)C1(C)C. The molecule has 2 rings (SSSR count). The van der Waals surface area contributed by atoms with E-state index in [1.54, 1.807) is 24.3 Å². The van der Waals surface area contributed by atoms with E-state index < -0.39 is 11.2 Å². The first-order valence-electron chi connectivity index (χ1n) is 6.44. The summed E-state index contributed by atoms with van der Waals surface area (Å²) in [5, 5.41) is 25.9. The van der Waals surface area contributed by atoms with E-state index in [4.69, 9.17) is 10.0 Å². The Morgan fingerprint density at radius 3 is 2.25 bits per heavy atom. The molecule has 0 aromatic carbocycles. The molecule has 2 aliphatic rings. The van der Waals surface area contributed by atoms with Gasteiger partial charge in [-0.3, -0.25) is 10.0 Å². The molecule has 0 saturated carbocycles. The van der Waals surface area contributed by atoms with Crippen molar-refractivity contribution in [2.75, 3.05) is 7.11 Å². The maximum absolute atomic E-state index is 10.6. The first kappa shape index (κ1) is 14.8. The zero-order valence-corrected chi connectivity index (χ0v) is 12.5. The van der Waals surface area contributed by atoms with E-state index in [0.717, 1.165) is 0 Å². The highest BCUT2D eigenvalue weighted by Gasteiger charge is 2.55. The molecule has 110 valence electrons. The monoisotopic (exact) mass is 279 g/mol. The Labute approximate surface area is 118 Å². The van der Waals surface area contributed by atoms with E-state index in [9.17, 15) is 5.21 Å². The van der Waals surface area contributed by atoms with Crippen LogP contribution < -0.4 is 0 Å². The maximum Gasteiger partial charge on any atom is 0.137 e. The highest BCUT2D eigenvalue weighted by atomic mass is 16.7. The van der Waals surface area contributed by atoms with E-state index in [1.807, 2.05) is 39.8 Å². The lowest BCUT2D eigenvalue weighted by Crippen LogP contribution is -2.50. The summed E-state index contributed by atoms with van der Waals surface area (Å²) < 4.78 is 0. The average Bonchev–Trinajstić information content (AvgIpc) is 2.52. The standard InChI is InChI=1S/C14H21N3O3/c1-13(2)12(10-8-6-7-9-11(10)15-18)16(19)14(3,4)17(13)20-5/h6-9,18-19H,1-5H3/b12-10+,15-11+. The zero-order valence-electron chi connectivity index (χ0n) is 12.5. The molecule has 1 fully saturated rings. The van der Waals surface area contributed by atoms with Gasteiger partial charge < -0.3 is 5.21 Å². The van der Waals surface area contributed by atoms with Gasteiger partial charge in [0.2, 0.25) is 0 Å². The molecular weight excluding hydrogens is 258 g/mol. The van der Waals surface area contributed by atoms with Crippen molar-refractivity contribution in [2.24, 2.45) is 5.16 Å². The average molecular weight is 279 g/mol. The second-order valence-corrected chi connectivity index (χ2v) is 5.81. The van der Waals surface area contributed by atoms with Crippen molar-refractivity contribution in [1.82, 2.24) is 10.1 Å². The van der Waals surface area contributed by atoms with Gasteiger partial charge in [-0.1, -0.05) is 23.4 Å². The topological polar surface area (TPSA) is 68.5 Å². The summed E-state index contributed by atoms with van der Waals surface area (Å²) in [6.45, 7) is 7.59. The van der Waals surface area contributed by atoms with Gasteiger partial charge in [0.1, 0.15) is 11.4 Å². The van der Waals surface area contributed by atoms with Gasteiger partial charge in [-0.05, 0) is 33.8 Å². The fourth-order valence-corrected chi connectivity index (χ4v) is 3.06. The van der Waals surface area contributed by atoms with Gasteiger partial charge in [0.25, 0.3) is 0 Å². The summed E-state index contributed by atoms with van der Waals surface area (Å²) in [7, 11) is 1.57. The lowest BCUT2D eigenvalue weighted by molar-refractivity contribution is -0.272.